The number of quaternary nitrogens is 2. The summed E-state index contributed by atoms with van der Waals surface area (Å²) < 4.78 is 1.25. The number of halogens is 2. The Morgan fingerprint density at radius 3 is 0.614 bits per heavy atom. The lowest BCUT2D eigenvalue weighted by atomic mass is 10.0. The molecule has 0 spiro atoms. The molecule has 0 aromatic carbocycles. The predicted octanol–water partition coefficient (Wildman–Crippen LogP) is 6.40. The van der Waals surface area contributed by atoms with Crippen LogP contribution in [0.5, 0.6) is 0 Å². The van der Waals surface area contributed by atoms with Gasteiger partial charge in [0.15, 0.2) is 0 Å². The zero-order valence-corrected chi connectivity index (χ0v) is 35.6. The Labute approximate surface area is 309 Å². The summed E-state index contributed by atoms with van der Waals surface area (Å²) in [5.41, 5.74) is 0. The summed E-state index contributed by atoms with van der Waals surface area (Å²) in [5.74, 6) is 0. The lowest BCUT2D eigenvalue weighted by Gasteiger charge is -2.30. The maximum Gasteiger partial charge on any atom is 0.0782 e. The molecule has 0 saturated heterocycles. The predicted molar refractivity (Wildman–Crippen MR) is 195 cm³/mol. The van der Waals surface area contributed by atoms with Crippen LogP contribution in [0.25, 0.3) is 0 Å². The van der Waals surface area contributed by atoms with Gasteiger partial charge < -0.3 is 50.8 Å². The summed E-state index contributed by atoms with van der Waals surface area (Å²) in [6, 6.07) is 0. The third kappa shape index (κ3) is 50.0. The van der Waals surface area contributed by atoms with Crippen molar-refractivity contribution in [3.05, 3.63) is 0 Å². The molecule has 2 N–H and O–H groups in total. The Hall–Kier alpha value is 1.13. The average molecular weight is 804 g/mol. The SMILES string of the molecule is CCCCCCCCCCCCCCCCCC[N+](C)(C)CCCCCCCCCCCCCCCCCC.C[NH2+]C.[Br-].[I-]. The topological polar surface area (TPSA) is 16.6 Å². The highest BCUT2D eigenvalue weighted by molar-refractivity contribution is 4.52. The van der Waals surface area contributed by atoms with Crippen molar-refractivity contribution in [1.29, 1.82) is 0 Å². The fraction of sp³-hybridized carbons (Fsp3) is 1.00. The number of unbranched alkanes of at least 4 members (excludes halogenated alkanes) is 30. The quantitative estimate of drug-likeness (QED) is 0.0441. The second-order valence-electron chi connectivity index (χ2n) is 14.6. The van der Waals surface area contributed by atoms with Crippen molar-refractivity contribution in [2.45, 2.75) is 219 Å². The van der Waals surface area contributed by atoms with Crippen LogP contribution in [-0.2, 0) is 0 Å². The molecule has 0 atom stereocenters. The van der Waals surface area contributed by atoms with E-state index in [4.69, 9.17) is 0 Å². The highest BCUT2D eigenvalue weighted by atomic mass is 127. The van der Waals surface area contributed by atoms with Gasteiger partial charge in [0, 0.05) is 0 Å². The summed E-state index contributed by atoms with van der Waals surface area (Å²) in [6.45, 7) is 7.39. The van der Waals surface area contributed by atoms with Crippen LogP contribution < -0.4 is 46.3 Å². The molecular weight excluding hydrogens is 715 g/mol. The maximum absolute atomic E-state index is 2.47. The molecule has 0 radical (unpaired) electrons. The van der Waals surface area contributed by atoms with Crippen LogP contribution in [0, 0.1) is 0 Å². The zero-order chi connectivity index (χ0) is 31.2. The fourth-order valence-corrected chi connectivity index (χ4v) is 6.29. The van der Waals surface area contributed by atoms with Gasteiger partial charge in [0.25, 0.3) is 0 Å². The summed E-state index contributed by atoms with van der Waals surface area (Å²) in [4.78, 5) is 0. The average Bonchev–Trinajstić information content (AvgIpc) is 2.97. The van der Waals surface area contributed by atoms with Crippen molar-refractivity contribution < 1.29 is 50.8 Å². The summed E-state index contributed by atoms with van der Waals surface area (Å²) >= 11 is 0. The smallest absolute Gasteiger partial charge is 0.0782 e. The monoisotopic (exact) mass is 803 g/mol. The molecule has 0 heterocycles. The van der Waals surface area contributed by atoms with E-state index in [2.05, 4.69) is 27.9 Å². The first-order valence-electron chi connectivity index (χ1n) is 20.1. The van der Waals surface area contributed by atoms with Crippen molar-refractivity contribution in [1.82, 2.24) is 0 Å². The van der Waals surface area contributed by atoms with Gasteiger partial charge >= 0.3 is 0 Å². The first-order chi connectivity index (χ1) is 20.5. The third-order valence-corrected chi connectivity index (χ3v) is 9.23. The maximum atomic E-state index is 2.47. The van der Waals surface area contributed by atoms with Gasteiger partial charge in [-0.05, 0) is 25.7 Å². The molecule has 0 unspecified atom stereocenters. The Balaban J connectivity index is -0.00000153. The van der Waals surface area contributed by atoms with E-state index in [0.29, 0.717) is 0 Å². The van der Waals surface area contributed by atoms with Crippen LogP contribution in [0.2, 0.25) is 0 Å². The van der Waals surface area contributed by atoms with Gasteiger partial charge in [-0.25, -0.2) is 0 Å². The van der Waals surface area contributed by atoms with E-state index in [1.807, 2.05) is 19.4 Å². The van der Waals surface area contributed by atoms with Crippen LogP contribution in [0.15, 0.2) is 0 Å². The molecule has 0 rings (SSSR count). The van der Waals surface area contributed by atoms with E-state index in [1.54, 1.807) is 0 Å². The van der Waals surface area contributed by atoms with E-state index in [-0.39, 0.29) is 41.0 Å². The van der Waals surface area contributed by atoms with Gasteiger partial charge in [0.1, 0.15) is 0 Å². The van der Waals surface area contributed by atoms with Crippen molar-refractivity contribution in [2.24, 2.45) is 0 Å². The van der Waals surface area contributed by atoms with E-state index < -0.39 is 0 Å². The Morgan fingerprint density at radius 2 is 0.455 bits per heavy atom. The van der Waals surface area contributed by atoms with Crippen LogP contribution >= 0.6 is 0 Å². The molecule has 272 valence electrons. The van der Waals surface area contributed by atoms with E-state index in [9.17, 15) is 0 Å². The number of rotatable bonds is 34. The molecule has 0 aliphatic rings. The van der Waals surface area contributed by atoms with Gasteiger partial charge in [-0.2, -0.15) is 0 Å². The molecule has 44 heavy (non-hydrogen) atoms. The van der Waals surface area contributed by atoms with Crippen LogP contribution in [0.4, 0.5) is 0 Å². The van der Waals surface area contributed by atoms with Crippen molar-refractivity contribution in [3.63, 3.8) is 0 Å². The standard InChI is InChI=1S/C38H80N.C2H7N.BrH.HI/c1-5-7-9-11-13-15-17-19-21-23-25-27-29-31-33-35-37-39(3,4)38-36-34-32-30-28-26-24-22-20-18-16-14-12-10-8-6-2;1-3-2;;/h5-38H2,1-4H3;3H,1-2H3;2*1H/q+1;;;/p-1. The molecule has 0 aliphatic carbocycles. The lowest BCUT2D eigenvalue weighted by Crippen LogP contribution is -3.00. The molecule has 4 heteroatoms. The number of hydrogen-bond donors (Lipinski definition) is 1. The summed E-state index contributed by atoms with van der Waals surface area (Å²) in [6.07, 6.45) is 46.9. The minimum atomic E-state index is 0. The van der Waals surface area contributed by atoms with Crippen LogP contribution in [-0.4, -0.2) is 45.8 Å². The van der Waals surface area contributed by atoms with E-state index in [1.165, 1.54) is 223 Å². The Morgan fingerprint density at radius 1 is 0.318 bits per heavy atom. The number of nitrogens with two attached hydrogens (primary N) is 1. The molecule has 0 amide bonds. The molecule has 0 aliphatic heterocycles. The van der Waals surface area contributed by atoms with Crippen molar-refractivity contribution >= 4 is 0 Å². The van der Waals surface area contributed by atoms with Gasteiger partial charge in [-0.15, -0.1) is 0 Å². The lowest BCUT2D eigenvalue weighted by molar-refractivity contribution is -0.890. The largest absolute Gasteiger partial charge is 1.00 e. The van der Waals surface area contributed by atoms with Crippen LogP contribution in [0.3, 0.4) is 0 Å². The normalized spacial score (nSPS) is 11.0. The van der Waals surface area contributed by atoms with Gasteiger partial charge in [0.2, 0.25) is 0 Å². The van der Waals surface area contributed by atoms with Crippen molar-refractivity contribution in [2.75, 3.05) is 41.3 Å². The first-order valence-corrected chi connectivity index (χ1v) is 20.1. The van der Waals surface area contributed by atoms with Crippen molar-refractivity contribution in [3.8, 4) is 0 Å². The highest BCUT2D eigenvalue weighted by Gasteiger charge is 2.13. The Bertz CT molecular complexity index is 423. The van der Waals surface area contributed by atoms with Gasteiger partial charge in [-0.1, -0.05) is 194 Å². The zero-order valence-electron chi connectivity index (χ0n) is 31.8. The molecule has 0 fully saturated rings. The number of nitrogens with zero attached hydrogens (tertiary/aromatic N) is 1. The molecule has 0 saturated carbocycles. The first kappa shape index (κ1) is 52.0. The fourth-order valence-electron chi connectivity index (χ4n) is 6.29. The molecular formula is C40H88BrIN2. The molecule has 2 nitrogen and oxygen atoms in total. The second kappa shape index (κ2) is 46.2. The van der Waals surface area contributed by atoms with Gasteiger partial charge in [-0.3, -0.25) is 0 Å². The minimum Gasteiger partial charge on any atom is -1.00 e. The Kier molecular flexibility index (Phi) is 54.6. The van der Waals surface area contributed by atoms with E-state index >= 15 is 0 Å². The van der Waals surface area contributed by atoms with Gasteiger partial charge in [0.05, 0.1) is 41.3 Å². The third-order valence-electron chi connectivity index (χ3n) is 9.23. The molecule has 0 bridgehead atoms. The van der Waals surface area contributed by atoms with Crippen LogP contribution in [0.1, 0.15) is 219 Å². The minimum absolute atomic E-state index is 0. The number of hydrogen-bond acceptors (Lipinski definition) is 0. The molecule has 0 aromatic rings. The summed E-state index contributed by atoms with van der Waals surface area (Å²) in [5, 5.41) is 2.00. The molecule has 0 aromatic heterocycles. The highest BCUT2D eigenvalue weighted by Crippen LogP contribution is 2.16. The second-order valence-corrected chi connectivity index (χ2v) is 14.6. The van der Waals surface area contributed by atoms with E-state index in [0.717, 1.165) is 0 Å². The summed E-state index contributed by atoms with van der Waals surface area (Å²) in [7, 11) is 8.94.